The Morgan fingerprint density at radius 3 is 2.67 bits per heavy atom. The average molecular weight is 166 g/mol. The van der Waals surface area contributed by atoms with Crippen molar-refractivity contribution in [2.45, 2.75) is 32.8 Å². The highest BCUT2D eigenvalue weighted by Crippen LogP contribution is 2.09. The second-order valence-electron chi connectivity index (χ2n) is 2.69. The topological polar surface area (TPSA) is 20.2 Å². The van der Waals surface area contributed by atoms with Gasteiger partial charge < -0.3 is 5.11 Å². The summed E-state index contributed by atoms with van der Waals surface area (Å²) in [7, 11) is 0. The lowest BCUT2D eigenvalue weighted by Crippen LogP contribution is -2.07. The van der Waals surface area contributed by atoms with Gasteiger partial charge in [-0.1, -0.05) is 44.2 Å². The lowest BCUT2D eigenvalue weighted by molar-refractivity contribution is 0.203. The smallest absolute Gasteiger partial charge is 0.0786 e. The van der Waals surface area contributed by atoms with Crippen LogP contribution in [0.1, 0.15) is 26.7 Å². The van der Waals surface area contributed by atoms with E-state index in [1.807, 2.05) is 25.2 Å². The van der Waals surface area contributed by atoms with E-state index in [1.54, 1.807) is 6.08 Å². The first-order valence-electron chi connectivity index (χ1n) is 4.39. The molecule has 1 N–H and O–H groups in total. The van der Waals surface area contributed by atoms with Crippen LogP contribution in [0.15, 0.2) is 36.5 Å². The van der Waals surface area contributed by atoms with Crippen molar-refractivity contribution in [1.29, 1.82) is 0 Å². The van der Waals surface area contributed by atoms with Crippen LogP contribution in [0.2, 0.25) is 0 Å². The van der Waals surface area contributed by atoms with Crippen LogP contribution in [0.3, 0.4) is 0 Å². The highest BCUT2D eigenvalue weighted by molar-refractivity contribution is 5.24. The van der Waals surface area contributed by atoms with Gasteiger partial charge in [0.15, 0.2) is 0 Å². The normalized spacial score (nSPS) is 15.1. The first kappa shape index (κ1) is 11.2. The van der Waals surface area contributed by atoms with Crippen LogP contribution in [0.25, 0.3) is 0 Å². The van der Waals surface area contributed by atoms with E-state index in [9.17, 15) is 5.11 Å². The minimum Gasteiger partial charge on any atom is -0.388 e. The molecule has 1 heteroatoms. The molecule has 0 radical (unpaired) electrons. The average Bonchev–Trinajstić information content (AvgIpc) is 2.06. The van der Waals surface area contributed by atoms with Crippen LogP contribution in [0, 0.1) is 0 Å². The summed E-state index contributed by atoms with van der Waals surface area (Å²) >= 11 is 0. The Morgan fingerprint density at radius 2 is 2.25 bits per heavy atom. The Hall–Kier alpha value is -0.820. The SMILES string of the molecule is C=C/C=C\C(=C/C)C(O)CCC. The summed E-state index contributed by atoms with van der Waals surface area (Å²) in [6, 6.07) is 0. The third kappa shape index (κ3) is 4.14. The van der Waals surface area contributed by atoms with Crippen molar-refractivity contribution in [3.63, 3.8) is 0 Å². The van der Waals surface area contributed by atoms with Gasteiger partial charge in [0.1, 0.15) is 0 Å². The van der Waals surface area contributed by atoms with E-state index in [1.165, 1.54) is 0 Å². The third-order valence-corrected chi connectivity index (χ3v) is 1.70. The number of rotatable bonds is 5. The standard InChI is InChI=1S/C11H18O/c1-4-7-9-10(6-3)11(12)8-5-2/h4,6-7,9,11-12H,1,5,8H2,2-3H3/b9-7-,10-6+. The lowest BCUT2D eigenvalue weighted by Gasteiger charge is -2.09. The summed E-state index contributed by atoms with van der Waals surface area (Å²) < 4.78 is 0. The second-order valence-corrected chi connectivity index (χ2v) is 2.69. The molecule has 0 saturated heterocycles. The molecule has 0 aliphatic carbocycles. The van der Waals surface area contributed by atoms with E-state index in [0.717, 1.165) is 18.4 Å². The number of allylic oxidation sites excluding steroid dienone is 3. The highest BCUT2D eigenvalue weighted by atomic mass is 16.3. The molecular weight excluding hydrogens is 148 g/mol. The minimum atomic E-state index is -0.323. The first-order valence-corrected chi connectivity index (χ1v) is 4.39. The number of aliphatic hydroxyl groups excluding tert-OH is 1. The van der Waals surface area contributed by atoms with E-state index >= 15 is 0 Å². The molecule has 0 heterocycles. The molecule has 1 nitrogen and oxygen atoms in total. The maximum Gasteiger partial charge on any atom is 0.0786 e. The molecule has 0 bridgehead atoms. The lowest BCUT2D eigenvalue weighted by atomic mass is 10.1. The Bertz CT molecular complexity index is 177. The molecule has 0 spiro atoms. The molecule has 0 aliphatic heterocycles. The highest BCUT2D eigenvalue weighted by Gasteiger charge is 2.04. The predicted octanol–water partition coefficient (Wildman–Crippen LogP) is 2.84. The van der Waals surface area contributed by atoms with Crippen molar-refractivity contribution < 1.29 is 5.11 Å². The predicted molar refractivity (Wildman–Crippen MR) is 54.0 cm³/mol. The Kier molecular flexibility index (Phi) is 6.39. The van der Waals surface area contributed by atoms with Crippen molar-refractivity contribution in [3.05, 3.63) is 36.5 Å². The monoisotopic (exact) mass is 166 g/mol. The molecule has 0 aromatic carbocycles. The van der Waals surface area contributed by atoms with Crippen molar-refractivity contribution in [1.82, 2.24) is 0 Å². The fraction of sp³-hybridized carbons (Fsp3) is 0.455. The molecule has 1 atom stereocenters. The molecule has 0 aromatic rings. The van der Waals surface area contributed by atoms with Crippen molar-refractivity contribution in [3.8, 4) is 0 Å². The van der Waals surface area contributed by atoms with Crippen molar-refractivity contribution in [2.75, 3.05) is 0 Å². The molecule has 68 valence electrons. The fourth-order valence-corrected chi connectivity index (χ4v) is 1.02. The second kappa shape index (κ2) is 6.86. The van der Waals surface area contributed by atoms with Gasteiger partial charge in [0.25, 0.3) is 0 Å². The molecule has 0 amide bonds. The van der Waals surface area contributed by atoms with Crippen LogP contribution in [-0.4, -0.2) is 11.2 Å². The summed E-state index contributed by atoms with van der Waals surface area (Å²) in [5.41, 5.74) is 0.969. The summed E-state index contributed by atoms with van der Waals surface area (Å²) in [5.74, 6) is 0. The van der Waals surface area contributed by atoms with Crippen LogP contribution in [0.4, 0.5) is 0 Å². The Morgan fingerprint density at radius 1 is 1.58 bits per heavy atom. The fourth-order valence-electron chi connectivity index (χ4n) is 1.02. The molecular formula is C11H18O. The van der Waals surface area contributed by atoms with Gasteiger partial charge in [-0.25, -0.2) is 0 Å². The van der Waals surface area contributed by atoms with Gasteiger partial charge in [0.05, 0.1) is 6.10 Å². The number of hydrogen-bond donors (Lipinski definition) is 1. The molecule has 0 aromatic heterocycles. The van der Waals surface area contributed by atoms with E-state index in [-0.39, 0.29) is 6.10 Å². The van der Waals surface area contributed by atoms with Crippen LogP contribution in [0.5, 0.6) is 0 Å². The molecule has 0 rings (SSSR count). The van der Waals surface area contributed by atoms with E-state index in [2.05, 4.69) is 13.5 Å². The van der Waals surface area contributed by atoms with Crippen molar-refractivity contribution >= 4 is 0 Å². The van der Waals surface area contributed by atoms with Crippen LogP contribution < -0.4 is 0 Å². The summed E-state index contributed by atoms with van der Waals surface area (Å²) in [5, 5.41) is 9.58. The van der Waals surface area contributed by atoms with Crippen molar-refractivity contribution in [2.24, 2.45) is 0 Å². The van der Waals surface area contributed by atoms with Gasteiger partial charge >= 0.3 is 0 Å². The zero-order valence-electron chi connectivity index (χ0n) is 7.96. The van der Waals surface area contributed by atoms with Gasteiger partial charge in [0.2, 0.25) is 0 Å². The maximum absolute atomic E-state index is 9.58. The molecule has 1 unspecified atom stereocenters. The summed E-state index contributed by atoms with van der Waals surface area (Å²) in [6.45, 7) is 7.57. The van der Waals surface area contributed by atoms with Gasteiger partial charge in [-0.2, -0.15) is 0 Å². The maximum atomic E-state index is 9.58. The quantitative estimate of drug-likeness (QED) is 0.623. The van der Waals surface area contributed by atoms with Gasteiger partial charge in [-0.15, -0.1) is 0 Å². The summed E-state index contributed by atoms with van der Waals surface area (Å²) in [6.07, 6.45) is 8.88. The van der Waals surface area contributed by atoms with Crippen LogP contribution in [-0.2, 0) is 0 Å². The van der Waals surface area contributed by atoms with Gasteiger partial charge in [-0.3, -0.25) is 0 Å². The summed E-state index contributed by atoms with van der Waals surface area (Å²) in [4.78, 5) is 0. The van der Waals surface area contributed by atoms with E-state index in [4.69, 9.17) is 0 Å². The largest absolute Gasteiger partial charge is 0.388 e. The molecule has 0 saturated carbocycles. The Labute approximate surface area is 75.1 Å². The van der Waals surface area contributed by atoms with E-state index in [0.29, 0.717) is 0 Å². The zero-order valence-corrected chi connectivity index (χ0v) is 7.96. The van der Waals surface area contributed by atoms with Crippen LogP contribution >= 0.6 is 0 Å². The van der Waals surface area contributed by atoms with Gasteiger partial charge in [0, 0.05) is 0 Å². The Balaban J connectivity index is 4.15. The number of aliphatic hydroxyl groups is 1. The number of hydrogen-bond acceptors (Lipinski definition) is 1. The molecule has 0 aliphatic rings. The first-order chi connectivity index (χ1) is 5.76. The van der Waals surface area contributed by atoms with E-state index < -0.39 is 0 Å². The molecule has 12 heavy (non-hydrogen) atoms. The zero-order chi connectivity index (χ0) is 9.40. The minimum absolute atomic E-state index is 0.323. The molecule has 0 fully saturated rings. The third-order valence-electron chi connectivity index (χ3n) is 1.70. The van der Waals surface area contributed by atoms with Gasteiger partial charge in [-0.05, 0) is 18.9 Å².